The number of benzene rings is 3. The van der Waals surface area contributed by atoms with Gasteiger partial charge in [-0.05, 0) is 29.8 Å². The standard InChI is InChI=1S/C20H15FN2O2S/c21-19-11-12-20(23-26(24,25)16-9-5-2-6-10-16)17(18(19)14-22)13-15-7-3-1-4-8-15/h1-12,23H,13H2. The van der Waals surface area contributed by atoms with Gasteiger partial charge >= 0.3 is 0 Å². The van der Waals surface area contributed by atoms with Gasteiger partial charge in [0.15, 0.2) is 0 Å². The number of anilines is 1. The van der Waals surface area contributed by atoms with Crippen LogP contribution in [-0.2, 0) is 16.4 Å². The monoisotopic (exact) mass is 366 g/mol. The molecule has 0 radical (unpaired) electrons. The molecule has 0 aromatic heterocycles. The minimum Gasteiger partial charge on any atom is -0.279 e. The average Bonchev–Trinajstić information content (AvgIpc) is 2.66. The number of halogens is 1. The third-order valence-corrected chi connectivity index (χ3v) is 5.28. The van der Waals surface area contributed by atoms with Gasteiger partial charge in [0.2, 0.25) is 0 Å². The highest BCUT2D eigenvalue weighted by Crippen LogP contribution is 2.27. The quantitative estimate of drug-likeness (QED) is 0.739. The van der Waals surface area contributed by atoms with Gasteiger partial charge in [0.25, 0.3) is 10.0 Å². The molecule has 1 N–H and O–H groups in total. The molecule has 0 bridgehead atoms. The molecular formula is C20H15FN2O2S. The highest BCUT2D eigenvalue weighted by atomic mass is 32.2. The Kier molecular flexibility index (Phi) is 5.01. The molecule has 0 spiro atoms. The van der Waals surface area contributed by atoms with E-state index >= 15 is 0 Å². The molecule has 0 unspecified atom stereocenters. The first-order chi connectivity index (χ1) is 12.5. The van der Waals surface area contributed by atoms with Crippen molar-refractivity contribution in [2.45, 2.75) is 11.3 Å². The van der Waals surface area contributed by atoms with Gasteiger partial charge in [0.1, 0.15) is 11.9 Å². The summed E-state index contributed by atoms with van der Waals surface area (Å²) in [6, 6.07) is 21.3. The Labute approximate surface area is 151 Å². The summed E-state index contributed by atoms with van der Waals surface area (Å²) in [5, 5.41) is 9.35. The molecule has 3 aromatic carbocycles. The lowest BCUT2D eigenvalue weighted by molar-refractivity contribution is 0.600. The van der Waals surface area contributed by atoms with Crippen LogP contribution in [0, 0.1) is 17.1 Å². The fraction of sp³-hybridized carbons (Fsp3) is 0.0500. The first-order valence-corrected chi connectivity index (χ1v) is 9.33. The van der Waals surface area contributed by atoms with Crippen molar-refractivity contribution in [3.05, 3.63) is 95.3 Å². The van der Waals surface area contributed by atoms with Crippen LogP contribution in [0.1, 0.15) is 16.7 Å². The average molecular weight is 366 g/mol. The van der Waals surface area contributed by atoms with Crippen molar-refractivity contribution in [1.29, 1.82) is 5.26 Å². The normalized spacial score (nSPS) is 10.9. The number of nitrogens with zero attached hydrogens (tertiary/aromatic N) is 1. The summed E-state index contributed by atoms with van der Waals surface area (Å²) in [5.74, 6) is -0.680. The Balaban J connectivity index is 2.06. The molecule has 0 fully saturated rings. The number of nitriles is 1. The topological polar surface area (TPSA) is 70.0 Å². The van der Waals surface area contributed by atoms with Crippen molar-refractivity contribution in [3.8, 4) is 6.07 Å². The van der Waals surface area contributed by atoms with Gasteiger partial charge in [0.05, 0.1) is 16.1 Å². The maximum absolute atomic E-state index is 14.1. The molecule has 0 aliphatic rings. The van der Waals surface area contributed by atoms with E-state index in [2.05, 4.69) is 4.72 Å². The molecule has 6 heteroatoms. The molecule has 4 nitrogen and oxygen atoms in total. The van der Waals surface area contributed by atoms with Gasteiger partial charge < -0.3 is 0 Å². The Morgan fingerprint density at radius 2 is 1.54 bits per heavy atom. The summed E-state index contributed by atoms with van der Waals surface area (Å²) in [7, 11) is -3.85. The van der Waals surface area contributed by atoms with Gasteiger partial charge in [-0.25, -0.2) is 12.8 Å². The van der Waals surface area contributed by atoms with E-state index in [-0.39, 0.29) is 22.6 Å². The first-order valence-electron chi connectivity index (χ1n) is 7.84. The molecule has 26 heavy (non-hydrogen) atoms. The molecule has 3 rings (SSSR count). The summed E-state index contributed by atoms with van der Waals surface area (Å²) in [6.07, 6.45) is 0.230. The van der Waals surface area contributed by atoms with E-state index in [9.17, 15) is 18.1 Å². The molecule has 0 heterocycles. The fourth-order valence-corrected chi connectivity index (χ4v) is 3.74. The van der Waals surface area contributed by atoms with Crippen LogP contribution in [-0.4, -0.2) is 8.42 Å². The van der Waals surface area contributed by atoms with Gasteiger partial charge in [-0.15, -0.1) is 0 Å². The van der Waals surface area contributed by atoms with Crippen LogP contribution in [0.15, 0.2) is 77.7 Å². The summed E-state index contributed by atoms with van der Waals surface area (Å²) in [5.41, 5.74) is 1.17. The van der Waals surface area contributed by atoms with Crippen LogP contribution in [0.4, 0.5) is 10.1 Å². The molecule has 3 aromatic rings. The minimum atomic E-state index is -3.85. The van der Waals surface area contributed by atoms with Crippen LogP contribution in [0.5, 0.6) is 0 Å². The van der Waals surface area contributed by atoms with Crippen LogP contribution in [0.25, 0.3) is 0 Å². The maximum atomic E-state index is 14.1. The van der Waals surface area contributed by atoms with Gasteiger partial charge in [0, 0.05) is 12.0 Å². The number of hydrogen-bond acceptors (Lipinski definition) is 3. The molecule has 0 saturated carbocycles. The van der Waals surface area contributed by atoms with E-state index < -0.39 is 15.8 Å². The number of rotatable bonds is 5. The second-order valence-corrected chi connectivity index (χ2v) is 7.32. The lowest BCUT2D eigenvalue weighted by Gasteiger charge is -2.15. The largest absolute Gasteiger partial charge is 0.279 e. The van der Waals surface area contributed by atoms with E-state index in [0.717, 1.165) is 11.6 Å². The molecule has 0 atom stereocenters. The van der Waals surface area contributed by atoms with Gasteiger partial charge in [-0.3, -0.25) is 4.72 Å². The molecule has 0 saturated heterocycles. The Hall–Kier alpha value is -3.17. The zero-order chi connectivity index (χ0) is 18.6. The van der Waals surface area contributed by atoms with E-state index in [0.29, 0.717) is 5.56 Å². The van der Waals surface area contributed by atoms with Crippen molar-refractivity contribution in [2.24, 2.45) is 0 Å². The third-order valence-electron chi connectivity index (χ3n) is 3.90. The molecule has 0 amide bonds. The third kappa shape index (κ3) is 3.73. The minimum absolute atomic E-state index is 0.0912. The SMILES string of the molecule is N#Cc1c(F)ccc(NS(=O)(=O)c2ccccc2)c1Cc1ccccc1. The first kappa shape index (κ1) is 17.6. The molecular weight excluding hydrogens is 351 g/mol. The van der Waals surface area contributed by atoms with Gasteiger partial charge in [-0.2, -0.15) is 5.26 Å². The van der Waals surface area contributed by atoms with Crippen LogP contribution in [0.2, 0.25) is 0 Å². The van der Waals surface area contributed by atoms with Crippen LogP contribution < -0.4 is 4.72 Å². The van der Waals surface area contributed by atoms with Crippen molar-refractivity contribution in [2.75, 3.05) is 4.72 Å². The highest BCUT2D eigenvalue weighted by molar-refractivity contribution is 7.92. The summed E-state index contributed by atoms with van der Waals surface area (Å²) in [6.45, 7) is 0. The van der Waals surface area contributed by atoms with Crippen LogP contribution >= 0.6 is 0 Å². The summed E-state index contributed by atoms with van der Waals surface area (Å²) >= 11 is 0. The highest BCUT2D eigenvalue weighted by Gasteiger charge is 2.19. The lowest BCUT2D eigenvalue weighted by atomic mass is 9.98. The molecule has 0 aliphatic carbocycles. The van der Waals surface area contributed by atoms with Crippen molar-refractivity contribution in [1.82, 2.24) is 0 Å². The van der Waals surface area contributed by atoms with Crippen molar-refractivity contribution in [3.63, 3.8) is 0 Å². The Morgan fingerprint density at radius 1 is 0.923 bits per heavy atom. The Bertz CT molecular complexity index is 1060. The van der Waals surface area contributed by atoms with E-state index in [1.807, 2.05) is 36.4 Å². The van der Waals surface area contributed by atoms with E-state index in [4.69, 9.17) is 0 Å². The lowest BCUT2D eigenvalue weighted by Crippen LogP contribution is -2.15. The number of nitrogens with one attached hydrogen (secondary N) is 1. The predicted molar refractivity (Wildman–Crippen MR) is 97.6 cm³/mol. The van der Waals surface area contributed by atoms with E-state index in [1.54, 1.807) is 18.2 Å². The van der Waals surface area contributed by atoms with Crippen molar-refractivity contribution >= 4 is 15.7 Å². The second kappa shape index (κ2) is 7.38. The maximum Gasteiger partial charge on any atom is 0.261 e. The summed E-state index contributed by atoms with van der Waals surface area (Å²) < 4.78 is 41.8. The smallest absolute Gasteiger partial charge is 0.261 e. The Morgan fingerprint density at radius 3 is 2.15 bits per heavy atom. The van der Waals surface area contributed by atoms with E-state index in [1.165, 1.54) is 18.2 Å². The van der Waals surface area contributed by atoms with Gasteiger partial charge in [-0.1, -0.05) is 48.5 Å². The van der Waals surface area contributed by atoms with Crippen molar-refractivity contribution < 1.29 is 12.8 Å². The summed E-state index contributed by atoms with van der Waals surface area (Å²) in [4.78, 5) is 0.0912. The second-order valence-electron chi connectivity index (χ2n) is 5.64. The number of sulfonamides is 1. The predicted octanol–water partition coefficient (Wildman–Crippen LogP) is 4.09. The zero-order valence-corrected chi connectivity index (χ0v) is 14.5. The number of hydrogen-bond donors (Lipinski definition) is 1. The fourth-order valence-electron chi connectivity index (χ4n) is 2.62. The molecule has 130 valence electrons. The van der Waals surface area contributed by atoms with Crippen LogP contribution in [0.3, 0.4) is 0 Å². The zero-order valence-electron chi connectivity index (χ0n) is 13.7. The molecule has 0 aliphatic heterocycles.